The summed E-state index contributed by atoms with van der Waals surface area (Å²) < 4.78 is 19.7. The van der Waals surface area contributed by atoms with Gasteiger partial charge in [0.1, 0.15) is 33.5 Å². The smallest absolute Gasteiger partial charge is 0.144 e. The van der Waals surface area contributed by atoms with Gasteiger partial charge in [-0.1, -0.05) is 84.9 Å². The zero-order valence-electron chi connectivity index (χ0n) is 22.6. The molecule has 0 aliphatic heterocycles. The number of benzene rings is 6. The Bertz CT molecular complexity index is 2500. The highest BCUT2D eigenvalue weighted by Crippen LogP contribution is 2.47. The lowest BCUT2D eigenvalue weighted by Crippen LogP contribution is -1.87. The van der Waals surface area contributed by atoms with Crippen LogP contribution in [0.5, 0.6) is 0 Å². The molecule has 41 heavy (non-hydrogen) atoms. The van der Waals surface area contributed by atoms with Gasteiger partial charge in [0.15, 0.2) is 0 Å². The van der Waals surface area contributed by atoms with Crippen LogP contribution in [0.25, 0.3) is 88.1 Å². The Hall–Kier alpha value is -5.28. The molecule has 0 aliphatic rings. The van der Waals surface area contributed by atoms with Gasteiger partial charge in [-0.25, -0.2) is 0 Å². The van der Waals surface area contributed by atoms with E-state index < -0.39 is 0 Å². The van der Waals surface area contributed by atoms with Crippen molar-refractivity contribution >= 4 is 65.8 Å². The molecule has 3 heterocycles. The maximum atomic E-state index is 6.68. The third-order valence-electron chi connectivity index (χ3n) is 8.58. The van der Waals surface area contributed by atoms with E-state index in [0.29, 0.717) is 0 Å². The lowest BCUT2D eigenvalue weighted by molar-refractivity contribution is 0.665. The molecule has 0 fully saturated rings. The summed E-state index contributed by atoms with van der Waals surface area (Å²) in [5.41, 5.74) is 11.9. The Balaban J connectivity index is 1.41. The summed E-state index contributed by atoms with van der Waals surface area (Å²) in [6.45, 7) is 4.29. The molecule has 0 amide bonds. The van der Waals surface area contributed by atoms with Crippen LogP contribution in [0, 0.1) is 13.8 Å². The number of rotatable bonds is 2. The third kappa shape index (κ3) is 3.03. The van der Waals surface area contributed by atoms with E-state index in [1.165, 1.54) is 11.1 Å². The number of hydrogen-bond donors (Lipinski definition) is 0. The molecular weight excluding hydrogens is 504 g/mol. The molecule has 0 atom stereocenters. The summed E-state index contributed by atoms with van der Waals surface area (Å²) in [6.07, 6.45) is 0. The highest BCUT2D eigenvalue weighted by atomic mass is 16.3. The molecular formula is C38H24O3. The number of fused-ring (bicyclic) bond motifs is 9. The van der Waals surface area contributed by atoms with Gasteiger partial charge in [-0.3, -0.25) is 0 Å². The standard InChI is InChI=1S/C38H24O3/c1-21-15-17-24(36-33(21)27-9-3-6-12-30(27)39-36)23-19-20-26(38-35(23)29-11-5-8-14-32(29)41-38)25-18-16-22(2)34-28-10-4-7-13-31(28)40-37(25)34/h3-20H,1-2H3. The Morgan fingerprint density at radius 3 is 1.17 bits per heavy atom. The maximum absolute atomic E-state index is 6.68. The molecule has 9 aromatic rings. The van der Waals surface area contributed by atoms with E-state index >= 15 is 0 Å². The third-order valence-corrected chi connectivity index (χ3v) is 8.58. The molecule has 0 unspecified atom stereocenters. The Morgan fingerprint density at radius 1 is 0.341 bits per heavy atom. The zero-order chi connectivity index (χ0) is 27.2. The molecule has 9 rings (SSSR count). The normalized spacial score (nSPS) is 12.1. The molecule has 0 bridgehead atoms. The lowest BCUT2D eigenvalue weighted by Gasteiger charge is -2.11. The molecule has 0 saturated heterocycles. The second kappa shape index (κ2) is 8.12. The minimum atomic E-state index is 0.846. The summed E-state index contributed by atoms with van der Waals surface area (Å²) in [5.74, 6) is 0. The van der Waals surface area contributed by atoms with Gasteiger partial charge in [-0.15, -0.1) is 0 Å². The van der Waals surface area contributed by atoms with E-state index in [2.05, 4.69) is 86.6 Å². The van der Waals surface area contributed by atoms with Crippen molar-refractivity contribution in [3.63, 3.8) is 0 Å². The molecule has 6 aromatic carbocycles. The monoisotopic (exact) mass is 528 g/mol. The van der Waals surface area contributed by atoms with Crippen molar-refractivity contribution in [2.24, 2.45) is 0 Å². The minimum Gasteiger partial charge on any atom is -0.455 e. The minimum absolute atomic E-state index is 0.846. The van der Waals surface area contributed by atoms with Gasteiger partial charge in [0.05, 0.1) is 0 Å². The molecule has 194 valence electrons. The van der Waals surface area contributed by atoms with Gasteiger partial charge in [-0.05, 0) is 54.8 Å². The fourth-order valence-corrected chi connectivity index (χ4v) is 6.68. The largest absolute Gasteiger partial charge is 0.455 e. The van der Waals surface area contributed by atoms with Gasteiger partial charge in [-0.2, -0.15) is 0 Å². The number of aryl methyl sites for hydroxylation is 2. The number of para-hydroxylation sites is 3. The molecule has 3 heteroatoms. The summed E-state index contributed by atoms with van der Waals surface area (Å²) in [4.78, 5) is 0. The zero-order valence-corrected chi connectivity index (χ0v) is 22.6. The molecule has 0 aliphatic carbocycles. The maximum Gasteiger partial charge on any atom is 0.144 e. The van der Waals surface area contributed by atoms with E-state index in [9.17, 15) is 0 Å². The van der Waals surface area contributed by atoms with Crippen LogP contribution in [0.15, 0.2) is 122 Å². The van der Waals surface area contributed by atoms with Crippen molar-refractivity contribution < 1.29 is 13.3 Å². The second-order valence-electron chi connectivity index (χ2n) is 10.9. The number of hydrogen-bond acceptors (Lipinski definition) is 3. The van der Waals surface area contributed by atoms with Crippen LogP contribution < -0.4 is 0 Å². The number of furan rings is 3. The van der Waals surface area contributed by atoms with Crippen molar-refractivity contribution in [3.8, 4) is 22.3 Å². The quantitative estimate of drug-likeness (QED) is 0.224. The van der Waals surface area contributed by atoms with Gasteiger partial charge < -0.3 is 13.3 Å². The van der Waals surface area contributed by atoms with E-state index in [1.54, 1.807) is 0 Å². The first kappa shape index (κ1) is 22.5. The second-order valence-corrected chi connectivity index (χ2v) is 10.9. The predicted molar refractivity (Wildman–Crippen MR) is 169 cm³/mol. The van der Waals surface area contributed by atoms with Crippen LogP contribution in [-0.2, 0) is 0 Å². The first-order valence-corrected chi connectivity index (χ1v) is 13.9. The van der Waals surface area contributed by atoms with Crippen LogP contribution in [0.1, 0.15) is 11.1 Å². The van der Waals surface area contributed by atoms with Crippen molar-refractivity contribution in [1.82, 2.24) is 0 Å². The molecule has 3 nitrogen and oxygen atoms in total. The van der Waals surface area contributed by atoms with E-state index in [1.807, 2.05) is 36.4 Å². The van der Waals surface area contributed by atoms with Crippen molar-refractivity contribution in [2.75, 3.05) is 0 Å². The molecule has 0 spiro atoms. The first-order valence-electron chi connectivity index (χ1n) is 13.9. The molecule has 0 N–H and O–H groups in total. The van der Waals surface area contributed by atoms with Crippen LogP contribution in [0.2, 0.25) is 0 Å². The summed E-state index contributed by atoms with van der Waals surface area (Å²) in [5, 5.41) is 6.73. The average molecular weight is 529 g/mol. The van der Waals surface area contributed by atoms with E-state index in [4.69, 9.17) is 13.3 Å². The van der Waals surface area contributed by atoms with Gasteiger partial charge >= 0.3 is 0 Å². The first-order chi connectivity index (χ1) is 20.2. The van der Waals surface area contributed by atoms with Gasteiger partial charge in [0.2, 0.25) is 0 Å². The fraction of sp³-hybridized carbons (Fsp3) is 0.0526. The Morgan fingerprint density at radius 2 is 0.683 bits per heavy atom. The van der Waals surface area contributed by atoms with Crippen LogP contribution >= 0.6 is 0 Å². The highest BCUT2D eigenvalue weighted by Gasteiger charge is 2.23. The van der Waals surface area contributed by atoms with Crippen molar-refractivity contribution in [2.45, 2.75) is 13.8 Å². The summed E-state index contributed by atoms with van der Waals surface area (Å²) >= 11 is 0. The van der Waals surface area contributed by atoms with Crippen molar-refractivity contribution in [1.29, 1.82) is 0 Å². The van der Waals surface area contributed by atoms with E-state index in [0.717, 1.165) is 88.1 Å². The van der Waals surface area contributed by atoms with Gasteiger partial charge in [0, 0.05) is 49.0 Å². The van der Waals surface area contributed by atoms with E-state index in [-0.39, 0.29) is 0 Å². The summed E-state index contributed by atoms with van der Waals surface area (Å²) in [6, 6.07) is 37.9. The fourth-order valence-electron chi connectivity index (χ4n) is 6.68. The lowest BCUT2D eigenvalue weighted by atomic mass is 9.92. The van der Waals surface area contributed by atoms with Crippen LogP contribution in [0.4, 0.5) is 0 Å². The Kier molecular flexibility index (Phi) is 4.46. The van der Waals surface area contributed by atoms with Crippen molar-refractivity contribution in [3.05, 3.63) is 120 Å². The SMILES string of the molecule is Cc1ccc(-c2ccc(-c3ccc(C)c4c3oc3ccccc34)c3c2oc2ccccc23)c2oc3ccccc3c12. The molecule has 0 radical (unpaired) electrons. The molecule has 0 saturated carbocycles. The average Bonchev–Trinajstić information content (AvgIpc) is 3.70. The topological polar surface area (TPSA) is 39.4 Å². The molecule has 3 aromatic heterocycles. The predicted octanol–water partition coefficient (Wildman–Crippen LogP) is 11.3. The van der Waals surface area contributed by atoms with Gasteiger partial charge in [0.25, 0.3) is 0 Å². The van der Waals surface area contributed by atoms with Crippen LogP contribution in [0.3, 0.4) is 0 Å². The summed E-state index contributed by atoms with van der Waals surface area (Å²) in [7, 11) is 0. The Labute approximate surface area is 235 Å². The van der Waals surface area contributed by atoms with Crippen LogP contribution in [-0.4, -0.2) is 0 Å². The highest BCUT2D eigenvalue weighted by molar-refractivity contribution is 6.21.